The molecule has 4 heteroatoms. The minimum atomic E-state index is 0.613. The van der Waals surface area contributed by atoms with Gasteiger partial charge in [-0.1, -0.05) is 6.92 Å². The van der Waals surface area contributed by atoms with Crippen LogP contribution in [-0.2, 0) is 0 Å². The molecule has 0 aliphatic heterocycles. The predicted molar refractivity (Wildman–Crippen MR) is 61.4 cm³/mol. The van der Waals surface area contributed by atoms with Gasteiger partial charge in [-0.2, -0.15) is 5.10 Å². The first-order valence-corrected chi connectivity index (χ1v) is 6.33. The van der Waals surface area contributed by atoms with Crippen molar-refractivity contribution in [3.8, 4) is 0 Å². The van der Waals surface area contributed by atoms with Crippen molar-refractivity contribution in [2.24, 2.45) is 5.92 Å². The molecule has 0 radical (unpaired) electrons. The van der Waals surface area contributed by atoms with Crippen molar-refractivity contribution in [1.82, 2.24) is 14.8 Å². The third-order valence-corrected chi connectivity index (χ3v) is 3.99. The van der Waals surface area contributed by atoms with Crippen LogP contribution in [0.3, 0.4) is 0 Å². The molecule has 2 fully saturated rings. The maximum Gasteiger partial charge on any atom is 0.195 e. The van der Waals surface area contributed by atoms with Crippen molar-refractivity contribution in [3.05, 3.63) is 10.6 Å². The Hall–Kier alpha value is -0.640. The molecular formula is C11H17N3S. The molecule has 82 valence electrons. The number of nitrogens with zero attached hydrogens (tertiary/aromatic N) is 2. The van der Waals surface area contributed by atoms with Gasteiger partial charge < -0.3 is 4.57 Å². The van der Waals surface area contributed by atoms with Crippen LogP contribution in [0.4, 0.5) is 0 Å². The molecule has 2 atom stereocenters. The van der Waals surface area contributed by atoms with Crippen LogP contribution in [0.5, 0.6) is 0 Å². The summed E-state index contributed by atoms with van der Waals surface area (Å²) in [4.78, 5) is 0. The van der Waals surface area contributed by atoms with E-state index in [2.05, 4.69) is 21.7 Å². The molecule has 0 spiro atoms. The topological polar surface area (TPSA) is 33.6 Å². The molecule has 2 unspecified atom stereocenters. The highest BCUT2D eigenvalue weighted by Gasteiger charge is 2.33. The molecule has 15 heavy (non-hydrogen) atoms. The number of aromatic amines is 1. The van der Waals surface area contributed by atoms with Crippen LogP contribution >= 0.6 is 12.2 Å². The fraction of sp³-hybridized carbons (Fsp3) is 0.818. The zero-order chi connectivity index (χ0) is 10.4. The lowest BCUT2D eigenvalue weighted by molar-refractivity contribution is 0.472. The Balaban J connectivity index is 1.95. The first kappa shape index (κ1) is 9.58. The van der Waals surface area contributed by atoms with E-state index in [1.165, 1.54) is 37.9 Å². The lowest BCUT2D eigenvalue weighted by Crippen LogP contribution is -2.09. The van der Waals surface area contributed by atoms with Crippen LogP contribution in [0.25, 0.3) is 0 Å². The Morgan fingerprint density at radius 1 is 1.33 bits per heavy atom. The normalized spacial score (nSPS) is 31.0. The van der Waals surface area contributed by atoms with Gasteiger partial charge in [-0.15, -0.1) is 0 Å². The highest BCUT2D eigenvalue weighted by molar-refractivity contribution is 7.71. The molecule has 0 aromatic carbocycles. The summed E-state index contributed by atoms with van der Waals surface area (Å²) < 4.78 is 3.13. The second kappa shape index (κ2) is 3.44. The van der Waals surface area contributed by atoms with Crippen LogP contribution in [0, 0.1) is 10.7 Å². The van der Waals surface area contributed by atoms with Crippen LogP contribution in [0.15, 0.2) is 0 Å². The minimum absolute atomic E-state index is 0.613. The fourth-order valence-corrected chi connectivity index (χ4v) is 3.00. The van der Waals surface area contributed by atoms with Gasteiger partial charge in [-0.25, -0.2) is 0 Å². The largest absolute Gasteiger partial charge is 0.301 e. The van der Waals surface area contributed by atoms with Gasteiger partial charge in [0.15, 0.2) is 4.77 Å². The van der Waals surface area contributed by atoms with Gasteiger partial charge in [-0.05, 0) is 50.2 Å². The SMILES string of the molecule is CC1CCC(n2c(C3CC3)n[nH]c2=S)C1. The van der Waals surface area contributed by atoms with Crippen molar-refractivity contribution in [2.75, 3.05) is 0 Å². The van der Waals surface area contributed by atoms with Crippen LogP contribution in [0.2, 0.25) is 0 Å². The van der Waals surface area contributed by atoms with Gasteiger partial charge in [0.05, 0.1) is 0 Å². The quantitative estimate of drug-likeness (QED) is 0.781. The summed E-state index contributed by atoms with van der Waals surface area (Å²) in [7, 11) is 0. The van der Waals surface area contributed by atoms with Gasteiger partial charge in [0.25, 0.3) is 0 Å². The van der Waals surface area contributed by atoms with Gasteiger partial charge in [0, 0.05) is 12.0 Å². The molecule has 3 rings (SSSR count). The average molecular weight is 223 g/mol. The zero-order valence-electron chi connectivity index (χ0n) is 9.07. The lowest BCUT2D eigenvalue weighted by Gasteiger charge is -2.13. The number of hydrogen-bond acceptors (Lipinski definition) is 2. The monoisotopic (exact) mass is 223 g/mol. The molecule has 1 aromatic rings. The van der Waals surface area contributed by atoms with Crippen molar-refractivity contribution < 1.29 is 0 Å². The summed E-state index contributed by atoms with van der Waals surface area (Å²) in [6, 6.07) is 0.613. The first-order chi connectivity index (χ1) is 7.25. The highest BCUT2D eigenvalue weighted by atomic mass is 32.1. The van der Waals surface area contributed by atoms with E-state index in [4.69, 9.17) is 12.2 Å². The van der Waals surface area contributed by atoms with E-state index in [1.807, 2.05) is 0 Å². The number of H-pyrrole nitrogens is 1. The third kappa shape index (κ3) is 1.65. The fourth-order valence-electron chi connectivity index (χ4n) is 2.71. The van der Waals surface area contributed by atoms with Crippen LogP contribution in [0.1, 0.15) is 56.8 Å². The molecular weight excluding hydrogens is 206 g/mol. The van der Waals surface area contributed by atoms with Crippen LogP contribution in [-0.4, -0.2) is 14.8 Å². The summed E-state index contributed by atoms with van der Waals surface area (Å²) in [5.41, 5.74) is 0. The molecule has 3 nitrogen and oxygen atoms in total. The van der Waals surface area contributed by atoms with Gasteiger partial charge in [0.1, 0.15) is 5.82 Å². The Labute approximate surface area is 94.9 Å². The highest BCUT2D eigenvalue weighted by Crippen LogP contribution is 2.42. The summed E-state index contributed by atoms with van der Waals surface area (Å²) in [6.07, 6.45) is 6.47. The van der Waals surface area contributed by atoms with E-state index >= 15 is 0 Å². The number of hydrogen-bond donors (Lipinski definition) is 1. The van der Waals surface area contributed by atoms with Crippen LogP contribution < -0.4 is 0 Å². The second-order valence-electron chi connectivity index (χ2n) is 5.10. The maximum atomic E-state index is 5.34. The number of rotatable bonds is 2. The van der Waals surface area contributed by atoms with E-state index in [0.717, 1.165) is 10.7 Å². The Morgan fingerprint density at radius 3 is 2.73 bits per heavy atom. The average Bonchev–Trinajstić information content (AvgIpc) is 2.86. The van der Waals surface area contributed by atoms with Crippen molar-refractivity contribution in [2.45, 2.75) is 51.0 Å². The zero-order valence-corrected chi connectivity index (χ0v) is 9.89. The second-order valence-corrected chi connectivity index (χ2v) is 5.49. The van der Waals surface area contributed by atoms with Gasteiger partial charge >= 0.3 is 0 Å². The van der Waals surface area contributed by atoms with E-state index in [9.17, 15) is 0 Å². The van der Waals surface area contributed by atoms with E-state index in [0.29, 0.717) is 12.0 Å². The molecule has 0 amide bonds. The standard InChI is InChI=1S/C11H17N3S/c1-7-2-5-9(6-7)14-10(8-3-4-8)12-13-11(14)15/h7-9H,2-6H2,1H3,(H,13,15). The molecule has 2 aliphatic carbocycles. The minimum Gasteiger partial charge on any atom is -0.301 e. The van der Waals surface area contributed by atoms with Crippen molar-refractivity contribution in [1.29, 1.82) is 0 Å². The smallest absolute Gasteiger partial charge is 0.195 e. The number of aromatic nitrogens is 3. The van der Waals surface area contributed by atoms with E-state index in [-0.39, 0.29) is 0 Å². The van der Waals surface area contributed by atoms with Gasteiger partial charge in [0.2, 0.25) is 0 Å². The molecule has 1 N–H and O–H groups in total. The van der Waals surface area contributed by atoms with Gasteiger partial charge in [-0.3, -0.25) is 5.10 Å². The summed E-state index contributed by atoms with van der Waals surface area (Å²) in [5.74, 6) is 2.76. The molecule has 0 bridgehead atoms. The van der Waals surface area contributed by atoms with E-state index < -0.39 is 0 Å². The summed E-state index contributed by atoms with van der Waals surface area (Å²) >= 11 is 5.34. The molecule has 1 aromatic heterocycles. The predicted octanol–water partition coefficient (Wildman–Crippen LogP) is 3.18. The maximum absolute atomic E-state index is 5.34. The molecule has 1 heterocycles. The summed E-state index contributed by atoms with van der Waals surface area (Å²) in [6.45, 7) is 2.33. The Kier molecular flexibility index (Phi) is 2.20. The Bertz CT molecular complexity index is 416. The summed E-state index contributed by atoms with van der Waals surface area (Å²) in [5, 5.41) is 7.36. The molecule has 0 saturated heterocycles. The van der Waals surface area contributed by atoms with Crippen molar-refractivity contribution in [3.63, 3.8) is 0 Å². The lowest BCUT2D eigenvalue weighted by atomic mass is 10.1. The molecule has 2 aliphatic rings. The van der Waals surface area contributed by atoms with Crippen molar-refractivity contribution >= 4 is 12.2 Å². The first-order valence-electron chi connectivity index (χ1n) is 5.92. The third-order valence-electron chi connectivity index (χ3n) is 3.71. The molecule has 2 saturated carbocycles. The number of nitrogens with one attached hydrogen (secondary N) is 1. The Morgan fingerprint density at radius 2 is 2.13 bits per heavy atom. The van der Waals surface area contributed by atoms with E-state index in [1.54, 1.807) is 0 Å².